The van der Waals surface area contributed by atoms with Gasteiger partial charge in [0.2, 0.25) is 16.1 Å². The van der Waals surface area contributed by atoms with Gasteiger partial charge >= 0.3 is 0 Å². The number of carbonyl (C=O) groups excluding carboxylic acids is 1. The van der Waals surface area contributed by atoms with E-state index in [1.165, 1.54) is 18.1 Å². The van der Waals surface area contributed by atoms with Crippen LogP contribution in [0.25, 0.3) is 0 Å². The lowest BCUT2D eigenvalue weighted by Gasteiger charge is -2.00. The van der Waals surface area contributed by atoms with Crippen LogP contribution in [0, 0.1) is 0 Å². The van der Waals surface area contributed by atoms with Crippen LogP contribution in [0.2, 0.25) is 5.02 Å². The number of aromatic amines is 1. The van der Waals surface area contributed by atoms with Gasteiger partial charge in [0, 0.05) is 22.3 Å². The normalized spacial score (nSPS) is 10.6. The Hall–Kier alpha value is -1.97. The number of nitrogens with one attached hydrogen (secondary N) is 2. The summed E-state index contributed by atoms with van der Waals surface area (Å²) in [6, 6.07) is 7.61. The number of anilines is 1. The van der Waals surface area contributed by atoms with Crippen LogP contribution in [0.3, 0.4) is 0 Å². The molecule has 3 rings (SSSR count). The maximum absolute atomic E-state index is 11.8. The number of nitrogens with zero attached hydrogens (tertiary/aromatic N) is 4. The molecule has 22 heavy (non-hydrogen) atoms. The smallest absolute Gasteiger partial charge is 0.294 e. The van der Waals surface area contributed by atoms with E-state index in [4.69, 9.17) is 11.6 Å². The Kier molecular flexibility index (Phi) is 4.66. The molecule has 0 fully saturated rings. The largest absolute Gasteiger partial charge is 0.294 e. The molecule has 1 amide bonds. The van der Waals surface area contributed by atoms with E-state index in [9.17, 15) is 4.79 Å². The van der Waals surface area contributed by atoms with Gasteiger partial charge in [-0.05, 0) is 11.6 Å². The lowest BCUT2D eigenvalue weighted by Crippen LogP contribution is -2.13. The van der Waals surface area contributed by atoms with Gasteiger partial charge in [0.1, 0.15) is 6.33 Å². The summed E-state index contributed by atoms with van der Waals surface area (Å²) < 4.78 is 4.18. The molecule has 0 saturated carbocycles. The summed E-state index contributed by atoms with van der Waals surface area (Å²) in [5.74, 6) is 0.378. The molecule has 2 N–H and O–H groups in total. The van der Waals surface area contributed by atoms with Crippen LogP contribution in [-0.4, -0.2) is 30.4 Å². The number of H-pyrrole nitrogens is 1. The molecule has 0 radical (unpaired) electrons. The number of benzene rings is 1. The van der Waals surface area contributed by atoms with Gasteiger partial charge in [-0.2, -0.15) is 14.5 Å². The van der Waals surface area contributed by atoms with Crippen molar-refractivity contribution in [1.82, 2.24) is 24.5 Å². The molecule has 0 aliphatic rings. The molecule has 0 spiro atoms. The quantitative estimate of drug-likeness (QED) is 0.685. The molecule has 10 heteroatoms. The first-order valence-corrected chi connectivity index (χ1v) is 8.22. The average molecular weight is 353 g/mol. The molecule has 0 aliphatic heterocycles. The van der Waals surface area contributed by atoms with E-state index in [0.29, 0.717) is 21.1 Å². The summed E-state index contributed by atoms with van der Waals surface area (Å²) in [6.45, 7) is 0. The fourth-order valence-electron chi connectivity index (χ4n) is 1.55. The molecular weight excluding hydrogens is 344 g/mol. The molecule has 2 heterocycles. The fourth-order valence-corrected chi connectivity index (χ4v) is 3.37. The Morgan fingerprint density at radius 1 is 1.41 bits per heavy atom. The summed E-state index contributed by atoms with van der Waals surface area (Å²) >= 11 is 8.65. The summed E-state index contributed by atoms with van der Waals surface area (Å²) in [4.78, 5) is 19.8. The number of hydrogen-bond acceptors (Lipinski definition) is 7. The first-order chi connectivity index (χ1) is 10.7. The second-order valence-corrected chi connectivity index (χ2v) is 6.15. The van der Waals surface area contributed by atoms with Crippen LogP contribution in [0.1, 0.15) is 16.2 Å². The third kappa shape index (κ3) is 3.62. The molecule has 2 aromatic heterocycles. The van der Waals surface area contributed by atoms with Crippen molar-refractivity contribution in [2.24, 2.45) is 0 Å². The number of amides is 1. The zero-order chi connectivity index (χ0) is 15.4. The zero-order valence-electron chi connectivity index (χ0n) is 11.0. The molecular formula is C12H9ClN6OS2. The second-order valence-electron chi connectivity index (χ2n) is 4.05. The van der Waals surface area contributed by atoms with Crippen molar-refractivity contribution in [2.45, 2.75) is 10.9 Å². The van der Waals surface area contributed by atoms with Crippen LogP contribution in [0.15, 0.2) is 35.7 Å². The minimum absolute atomic E-state index is 0.125. The van der Waals surface area contributed by atoms with Crippen molar-refractivity contribution in [3.63, 3.8) is 0 Å². The Morgan fingerprint density at radius 3 is 3.05 bits per heavy atom. The van der Waals surface area contributed by atoms with Gasteiger partial charge in [0.15, 0.2) is 0 Å². The van der Waals surface area contributed by atoms with Gasteiger partial charge in [-0.25, -0.2) is 4.98 Å². The third-order valence-corrected chi connectivity index (χ3v) is 4.58. The number of thioether (sulfide) groups is 1. The van der Waals surface area contributed by atoms with Gasteiger partial charge in [0.25, 0.3) is 5.91 Å². The lowest BCUT2D eigenvalue weighted by molar-refractivity contribution is 0.101. The highest BCUT2D eigenvalue weighted by Crippen LogP contribution is 2.26. The monoisotopic (exact) mass is 352 g/mol. The number of halogens is 1. The lowest BCUT2D eigenvalue weighted by atomic mass is 10.2. The zero-order valence-corrected chi connectivity index (χ0v) is 13.4. The topological polar surface area (TPSA) is 96.5 Å². The predicted octanol–water partition coefficient (Wildman–Crippen LogP) is 2.85. The van der Waals surface area contributed by atoms with Gasteiger partial charge in [-0.15, -0.1) is 0 Å². The van der Waals surface area contributed by atoms with E-state index < -0.39 is 5.91 Å². The van der Waals surface area contributed by atoms with E-state index in [1.807, 2.05) is 24.3 Å². The predicted molar refractivity (Wildman–Crippen MR) is 85.3 cm³/mol. The van der Waals surface area contributed by atoms with E-state index in [-0.39, 0.29) is 5.82 Å². The Balaban J connectivity index is 1.60. The SMILES string of the molecule is O=C(Nc1nc(SCc2ccccc2Cl)ns1)c1ncn[nH]1. The Bertz CT molecular complexity index is 776. The molecule has 0 aliphatic carbocycles. The van der Waals surface area contributed by atoms with Crippen LogP contribution in [0.5, 0.6) is 0 Å². The fraction of sp³-hybridized carbons (Fsp3) is 0.0833. The van der Waals surface area contributed by atoms with Crippen molar-refractivity contribution in [1.29, 1.82) is 0 Å². The van der Waals surface area contributed by atoms with Crippen LogP contribution in [0.4, 0.5) is 5.13 Å². The first-order valence-electron chi connectivity index (χ1n) is 6.09. The molecule has 0 atom stereocenters. The minimum atomic E-state index is -0.406. The number of rotatable bonds is 5. The molecule has 3 aromatic rings. The number of hydrogen-bond donors (Lipinski definition) is 2. The van der Waals surface area contributed by atoms with Crippen LogP contribution in [-0.2, 0) is 5.75 Å². The average Bonchev–Trinajstić information content (AvgIpc) is 3.18. The Labute approximate surface area is 138 Å². The highest BCUT2D eigenvalue weighted by atomic mass is 35.5. The van der Waals surface area contributed by atoms with Crippen molar-refractivity contribution < 1.29 is 4.79 Å². The molecule has 1 aromatic carbocycles. The molecule has 0 bridgehead atoms. The maximum atomic E-state index is 11.8. The number of aromatic nitrogens is 5. The van der Waals surface area contributed by atoms with Gasteiger partial charge < -0.3 is 0 Å². The minimum Gasteiger partial charge on any atom is -0.294 e. The highest BCUT2D eigenvalue weighted by molar-refractivity contribution is 7.98. The van der Waals surface area contributed by atoms with E-state index in [1.54, 1.807) is 0 Å². The molecule has 0 saturated heterocycles. The first kappa shape index (κ1) is 14.9. The summed E-state index contributed by atoms with van der Waals surface area (Å²) in [5, 5.41) is 10.4. The van der Waals surface area contributed by atoms with Gasteiger partial charge in [-0.1, -0.05) is 41.6 Å². The third-order valence-electron chi connectivity index (χ3n) is 2.57. The summed E-state index contributed by atoms with van der Waals surface area (Å²) in [5.41, 5.74) is 1.01. The van der Waals surface area contributed by atoms with E-state index in [0.717, 1.165) is 17.1 Å². The van der Waals surface area contributed by atoms with Gasteiger partial charge in [-0.3, -0.25) is 15.2 Å². The standard InChI is InChI=1S/C12H9ClN6OS2/c13-8-4-2-1-3-7(8)5-21-12-17-11(22-19-12)16-10(20)9-14-6-15-18-9/h1-4,6H,5H2,(H,14,15,18)(H,16,17,19,20). The van der Waals surface area contributed by atoms with Crippen LogP contribution >= 0.6 is 34.9 Å². The van der Waals surface area contributed by atoms with E-state index in [2.05, 4.69) is 29.9 Å². The molecule has 112 valence electrons. The van der Waals surface area contributed by atoms with Gasteiger partial charge in [0.05, 0.1) is 0 Å². The molecule has 7 nitrogen and oxygen atoms in total. The van der Waals surface area contributed by atoms with Crippen molar-refractivity contribution in [3.8, 4) is 0 Å². The van der Waals surface area contributed by atoms with Crippen molar-refractivity contribution >= 4 is 45.9 Å². The highest BCUT2D eigenvalue weighted by Gasteiger charge is 2.12. The maximum Gasteiger partial charge on any atom is 0.294 e. The number of carbonyl (C=O) groups is 1. The van der Waals surface area contributed by atoms with Crippen molar-refractivity contribution in [3.05, 3.63) is 47.0 Å². The molecule has 0 unspecified atom stereocenters. The summed E-state index contributed by atoms with van der Waals surface area (Å²) in [6.07, 6.45) is 1.26. The van der Waals surface area contributed by atoms with Crippen molar-refractivity contribution in [2.75, 3.05) is 5.32 Å². The Morgan fingerprint density at radius 2 is 2.27 bits per heavy atom. The summed E-state index contributed by atoms with van der Waals surface area (Å²) in [7, 11) is 0. The second kappa shape index (κ2) is 6.86. The van der Waals surface area contributed by atoms with E-state index >= 15 is 0 Å². The van der Waals surface area contributed by atoms with Crippen LogP contribution < -0.4 is 5.32 Å².